The number of aryl methyl sites for hydroxylation is 1. The van der Waals surface area contributed by atoms with Crippen molar-refractivity contribution < 1.29 is 95.6 Å². The van der Waals surface area contributed by atoms with Crippen LogP contribution in [0.1, 0.15) is 113 Å². The molecule has 0 bridgehead atoms. The Morgan fingerprint density at radius 3 is 1.99 bits per heavy atom. The first-order valence-electron chi connectivity index (χ1n) is 33.8. The highest BCUT2D eigenvalue weighted by Crippen LogP contribution is 2.43. The number of nitrogens with zero attached hydrogens (tertiary/aromatic N) is 7. The van der Waals surface area contributed by atoms with Crippen LogP contribution in [0.5, 0.6) is 5.75 Å². The first-order valence-corrected chi connectivity index (χ1v) is 33.8. The van der Waals surface area contributed by atoms with Crippen LogP contribution in [0.3, 0.4) is 0 Å². The number of nitrogens with one attached hydrogen (secondary N) is 2. The number of phenolic OH excluding ortho intramolecular Hbond substituents is 1. The molecule has 30 nitrogen and oxygen atoms in total. The molecule has 4 amide bonds. The van der Waals surface area contributed by atoms with Crippen molar-refractivity contribution in [1.29, 1.82) is 0 Å². The Kier molecular flexibility index (Phi) is 30.3. The zero-order valence-corrected chi connectivity index (χ0v) is 56.6. The summed E-state index contributed by atoms with van der Waals surface area (Å²) in [4.78, 5) is 126. The summed E-state index contributed by atoms with van der Waals surface area (Å²) in [7, 11) is 0. The van der Waals surface area contributed by atoms with Gasteiger partial charge in [-0.1, -0.05) is 26.0 Å². The van der Waals surface area contributed by atoms with Crippen molar-refractivity contribution in [1.82, 2.24) is 40.1 Å². The lowest BCUT2D eigenvalue weighted by atomic mass is 9.81. The van der Waals surface area contributed by atoms with E-state index in [-0.39, 0.29) is 143 Å². The number of aromatic nitrogens is 5. The fourth-order valence-corrected chi connectivity index (χ4v) is 12.0. The number of fused-ring (bicyclic) bond motifs is 5. The van der Waals surface area contributed by atoms with Gasteiger partial charge in [0.2, 0.25) is 29.2 Å². The molecular weight excluding hydrogens is 1280 g/mol. The number of carbonyl (C=O) groups excluding carboxylic acids is 8. The lowest BCUT2D eigenvalue weighted by Crippen LogP contribution is -2.47. The fraction of sp³-hybridized carbons (Fsp3) is 0.632. The van der Waals surface area contributed by atoms with Crippen LogP contribution in [-0.4, -0.2) is 226 Å². The number of benzene rings is 1. The minimum absolute atomic E-state index is 0.0155. The third-order valence-corrected chi connectivity index (χ3v) is 17.3. The standard InChI is InChI=1S/C68H93N9O21/c1-5-53-54-35-51(79)11-13-58(54)72-63-55(53)41-76-59(63)36-57-56(66(76)86)43-97-67(87)68(57,6-2)98-62(83)14-12-50(78)34-46(4)70-38-52(80)42-96-44-60(81)69-15-17-88-19-21-90-23-25-92-27-29-94-31-32-95-30-28-93-26-24-91-22-20-89-18-16-75-40-49(73-74-75)37-71-64(84)48-9-7-47(8-10-48)39-77-61(82)33-45(3)65(77)85/h11,13,35-36,40,45,47-48,79H,5-10,12,14-34,37-39,41-44H2,1-4H3,(H,69,81)(H,71,84)/t45?,47?,48?,68-/m0/s1. The van der Waals surface area contributed by atoms with E-state index in [4.69, 9.17) is 57.1 Å². The summed E-state index contributed by atoms with van der Waals surface area (Å²) >= 11 is 0. The van der Waals surface area contributed by atoms with Gasteiger partial charge in [0.25, 0.3) is 5.56 Å². The van der Waals surface area contributed by atoms with Crippen LogP contribution in [0.15, 0.2) is 40.2 Å². The van der Waals surface area contributed by atoms with Crippen LogP contribution in [0, 0.1) is 17.8 Å². The average Bonchev–Trinajstić information content (AvgIpc) is 1.46. The van der Waals surface area contributed by atoms with Gasteiger partial charge in [0.05, 0.1) is 167 Å². The minimum Gasteiger partial charge on any atom is -0.508 e. The largest absolute Gasteiger partial charge is 0.508 e. The van der Waals surface area contributed by atoms with E-state index in [0.29, 0.717) is 147 Å². The molecule has 3 aromatic heterocycles. The molecule has 3 N–H and O–H groups in total. The van der Waals surface area contributed by atoms with Crippen molar-refractivity contribution in [2.45, 2.75) is 124 Å². The second-order valence-electron chi connectivity index (χ2n) is 24.4. The fourth-order valence-electron chi connectivity index (χ4n) is 12.0. The number of carbonyl (C=O) groups is 8. The summed E-state index contributed by atoms with van der Waals surface area (Å²) in [5.74, 6) is -3.09. The van der Waals surface area contributed by atoms with E-state index in [0.717, 1.165) is 42.2 Å². The highest BCUT2D eigenvalue weighted by molar-refractivity contribution is 6.03. The number of aliphatic imine (C=N–C) groups is 1. The molecule has 0 spiro atoms. The molecule has 4 aromatic rings. The Bertz CT molecular complexity index is 3470. The Morgan fingerprint density at radius 2 is 1.38 bits per heavy atom. The second kappa shape index (κ2) is 39.1. The van der Waals surface area contributed by atoms with Gasteiger partial charge >= 0.3 is 11.9 Å². The van der Waals surface area contributed by atoms with Gasteiger partial charge in [-0.05, 0) is 81.2 Å². The lowest BCUT2D eigenvalue weighted by molar-refractivity contribution is -0.189. The third kappa shape index (κ3) is 22.1. The Hall–Kier alpha value is -7.81. The number of Topliss-reactive ketones (excluding diaryl/α,β-unsaturated/α-hetero) is 2. The van der Waals surface area contributed by atoms with Crippen molar-refractivity contribution in [2.24, 2.45) is 22.7 Å². The Balaban J connectivity index is 0.542. The molecule has 30 heteroatoms. The van der Waals surface area contributed by atoms with Crippen LogP contribution in [-0.2, 0) is 129 Å². The van der Waals surface area contributed by atoms with Gasteiger partial charge in [-0.25, -0.2) is 14.5 Å². The third-order valence-electron chi connectivity index (χ3n) is 17.3. The topological polar surface area (TPSA) is 364 Å². The lowest BCUT2D eigenvalue weighted by Gasteiger charge is -2.35. The molecule has 1 saturated carbocycles. The van der Waals surface area contributed by atoms with E-state index in [1.54, 1.807) is 54.4 Å². The van der Waals surface area contributed by atoms with Crippen LogP contribution in [0.25, 0.3) is 22.3 Å². The van der Waals surface area contributed by atoms with Crippen molar-refractivity contribution in [3.63, 3.8) is 0 Å². The zero-order valence-electron chi connectivity index (χ0n) is 56.6. The summed E-state index contributed by atoms with van der Waals surface area (Å²) in [5.41, 5.74) is 2.43. The summed E-state index contributed by atoms with van der Waals surface area (Å²) < 4.78 is 64.1. The number of likely N-dealkylation sites (tertiary alicyclic amines) is 1. The van der Waals surface area contributed by atoms with Crippen LogP contribution in [0.2, 0.25) is 0 Å². The molecule has 2 atom stereocenters. The Labute approximate surface area is 568 Å². The molecule has 0 radical (unpaired) electrons. The maximum Gasteiger partial charge on any atom is 0.355 e. The summed E-state index contributed by atoms with van der Waals surface area (Å²) in [6.45, 7) is 13.6. The second-order valence-corrected chi connectivity index (χ2v) is 24.4. The Morgan fingerprint density at radius 1 is 0.745 bits per heavy atom. The van der Waals surface area contributed by atoms with Gasteiger partial charge in [-0.15, -0.1) is 5.10 Å². The first kappa shape index (κ1) is 76.0. The van der Waals surface area contributed by atoms with Crippen molar-refractivity contribution in [3.8, 4) is 17.1 Å². The van der Waals surface area contributed by atoms with E-state index < -0.39 is 34.8 Å². The van der Waals surface area contributed by atoms with Crippen molar-refractivity contribution in [3.05, 3.63) is 68.8 Å². The molecule has 1 aromatic carbocycles. The number of cyclic esters (lactones) is 1. The number of pyridine rings is 2. The van der Waals surface area contributed by atoms with E-state index >= 15 is 0 Å². The molecule has 1 unspecified atom stereocenters. The van der Waals surface area contributed by atoms with Crippen LogP contribution in [0.4, 0.5) is 0 Å². The molecule has 536 valence electrons. The summed E-state index contributed by atoms with van der Waals surface area (Å²) in [6.07, 6.45) is 4.93. The van der Waals surface area contributed by atoms with Gasteiger partial charge in [0.15, 0.2) is 5.78 Å². The van der Waals surface area contributed by atoms with Crippen LogP contribution >= 0.6 is 0 Å². The molecule has 8 rings (SSSR count). The number of esters is 2. The molecule has 4 aliphatic rings. The zero-order chi connectivity index (χ0) is 69.8. The van der Waals surface area contributed by atoms with Crippen LogP contribution < -0.4 is 16.2 Å². The number of hydrogen-bond donors (Lipinski definition) is 3. The number of ether oxygens (including phenoxy) is 11. The van der Waals surface area contributed by atoms with E-state index in [9.17, 15) is 48.3 Å². The predicted octanol–water partition coefficient (Wildman–Crippen LogP) is 3.04. The monoisotopic (exact) mass is 1370 g/mol. The molecule has 98 heavy (non-hydrogen) atoms. The number of aromatic hydroxyl groups is 1. The van der Waals surface area contributed by atoms with E-state index in [2.05, 4.69) is 25.9 Å². The molecule has 1 saturated heterocycles. The quantitative estimate of drug-likeness (QED) is 0.0218. The van der Waals surface area contributed by atoms with Gasteiger partial charge < -0.3 is 72.4 Å². The van der Waals surface area contributed by atoms with Crippen molar-refractivity contribution in [2.75, 3.05) is 139 Å². The number of imide groups is 1. The number of phenols is 1. The number of rotatable bonds is 46. The minimum atomic E-state index is -1.94. The molecule has 2 fully saturated rings. The normalized spacial score (nSPS) is 18.2. The molecule has 1 aliphatic carbocycles. The van der Waals surface area contributed by atoms with Gasteiger partial charge in [0, 0.05) is 66.4 Å². The number of ketones is 2. The molecular formula is C68H93N9O21. The van der Waals surface area contributed by atoms with E-state index in [1.165, 1.54) is 11.0 Å². The SMILES string of the molecule is CCc1c2c(nc3ccc(O)cc13)-c1cc3c(c(=O)n1C2)COC(=O)[C@@]3(CC)OC(=O)CCC(=O)CC(C)=NCC(=O)COCC(=O)NCCOCCOCCOCCOCCOCCOCCOCCOCCn1cc(CNC(=O)C2CCC(CN3C(=O)CC(C)C3=O)CC2)nn1. The number of hydrogen-bond acceptors (Lipinski definition) is 25. The first-order chi connectivity index (χ1) is 47.5. The highest BCUT2D eigenvalue weighted by Gasteiger charge is 2.50. The van der Waals surface area contributed by atoms with Gasteiger partial charge in [-0.2, -0.15) is 0 Å². The van der Waals surface area contributed by atoms with Gasteiger partial charge in [0.1, 0.15) is 37.0 Å². The summed E-state index contributed by atoms with van der Waals surface area (Å²) in [5, 5.41) is 24.9. The predicted molar refractivity (Wildman–Crippen MR) is 349 cm³/mol. The average molecular weight is 1370 g/mol. The molecule has 3 aliphatic heterocycles. The smallest absolute Gasteiger partial charge is 0.355 e. The number of amides is 4. The van der Waals surface area contributed by atoms with Crippen molar-refractivity contribution >= 4 is 63.7 Å². The van der Waals surface area contributed by atoms with Gasteiger partial charge in [-0.3, -0.25) is 48.2 Å². The maximum absolute atomic E-state index is 14.0. The molecule has 6 heterocycles. The summed E-state index contributed by atoms with van der Waals surface area (Å²) in [6, 6.07) is 6.56. The maximum atomic E-state index is 14.0. The highest BCUT2D eigenvalue weighted by atomic mass is 16.6. The van der Waals surface area contributed by atoms with E-state index in [1.807, 2.05) is 6.92 Å².